The number of rotatable bonds is 5. The summed E-state index contributed by atoms with van der Waals surface area (Å²) in [5, 5.41) is 5.61. The number of hydrogen-bond donors (Lipinski definition) is 2. The molecular formula is C12H18N2O3S. The molecule has 1 atom stereocenters. The van der Waals surface area contributed by atoms with Crippen LogP contribution >= 0.6 is 0 Å². The molecule has 0 fully saturated rings. The lowest BCUT2D eigenvalue weighted by Gasteiger charge is -2.12. The van der Waals surface area contributed by atoms with Gasteiger partial charge in [-0.1, -0.05) is 0 Å². The minimum atomic E-state index is -3.09. The normalized spacial score (nSPS) is 12.8. The second-order valence-electron chi connectivity index (χ2n) is 4.29. The van der Waals surface area contributed by atoms with Crippen molar-refractivity contribution in [3.8, 4) is 0 Å². The first-order chi connectivity index (χ1) is 8.31. The SMILES string of the molecule is CNc1ccc(C(=O)NC(C)CS(C)(=O)=O)cc1. The Morgan fingerprint density at radius 3 is 2.28 bits per heavy atom. The van der Waals surface area contributed by atoms with E-state index in [0.717, 1.165) is 11.9 Å². The Labute approximate surface area is 108 Å². The molecule has 1 aromatic carbocycles. The highest BCUT2D eigenvalue weighted by Crippen LogP contribution is 2.08. The van der Waals surface area contributed by atoms with E-state index >= 15 is 0 Å². The van der Waals surface area contributed by atoms with Gasteiger partial charge in [0.2, 0.25) is 0 Å². The van der Waals surface area contributed by atoms with Crippen molar-refractivity contribution >= 4 is 21.4 Å². The van der Waals surface area contributed by atoms with E-state index in [-0.39, 0.29) is 11.7 Å². The number of sulfone groups is 1. The Kier molecular flexibility index (Phi) is 4.72. The minimum absolute atomic E-state index is 0.0622. The van der Waals surface area contributed by atoms with Gasteiger partial charge < -0.3 is 10.6 Å². The van der Waals surface area contributed by atoms with Crippen molar-refractivity contribution in [3.63, 3.8) is 0 Å². The van der Waals surface area contributed by atoms with Crippen LogP contribution < -0.4 is 10.6 Å². The molecule has 0 spiro atoms. The molecule has 1 rings (SSSR count). The Hall–Kier alpha value is -1.56. The maximum atomic E-state index is 11.8. The minimum Gasteiger partial charge on any atom is -0.388 e. The summed E-state index contributed by atoms with van der Waals surface area (Å²) in [6, 6.07) is 6.55. The van der Waals surface area contributed by atoms with Gasteiger partial charge in [-0.2, -0.15) is 0 Å². The third kappa shape index (κ3) is 4.75. The molecule has 100 valence electrons. The summed E-state index contributed by atoms with van der Waals surface area (Å²) in [5.41, 5.74) is 1.42. The number of carbonyl (C=O) groups is 1. The van der Waals surface area contributed by atoms with Crippen molar-refractivity contribution in [2.45, 2.75) is 13.0 Å². The lowest BCUT2D eigenvalue weighted by atomic mass is 10.2. The number of carbonyl (C=O) groups excluding carboxylic acids is 1. The molecule has 0 aromatic heterocycles. The first-order valence-corrected chi connectivity index (χ1v) is 7.64. The second kappa shape index (κ2) is 5.86. The Morgan fingerprint density at radius 1 is 1.28 bits per heavy atom. The van der Waals surface area contributed by atoms with Gasteiger partial charge in [0, 0.05) is 30.6 Å². The molecule has 0 aliphatic carbocycles. The van der Waals surface area contributed by atoms with Gasteiger partial charge in [0.05, 0.1) is 5.75 Å². The summed E-state index contributed by atoms with van der Waals surface area (Å²) in [6.45, 7) is 1.67. The molecule has 1 unspecified atom stereocenters. The van der Waals surface area contributed by atoms with Gasteiger partial charge in [-0.3, -0.25) is 4.79 Å². The third-order valence-electron chi connectivity index (χ3n) is 2.37. The van der Waals surface area contributed by atoms with Crippen molar-refractivity contribution in [3.05, 3.63) is 29.8 Å². The van der Waals surface area contributed by atoms with Crippen LogP contribution in [0.1, 0.15) is 17.3 Å². The third-order valence-corrected chi connectivity index (χ3v) is 3.47. The lowest BCUT2D eigenvalue weighted by molar-refractivity contribution is 0.0943. The smallest absolute Gasteiger partial charge is 0.251 e. The van der Waals surface area contributed by atoms with Gasteiger partial charge >= 0.3 is 0 Å². The molecule has 6 heteroatoms. The molecule has 0 radical (unpaired) electrons. The van der Waals surface area contributed by atoms with Crippen LogP contribution in [0.5, 0.6) is 0 Å². The van der Waals surface area contributed by atoms with Gasteiger partial charge in [-0.05, 0) is 31.2 Å². The standard InChI is InChI=1S/C12H18N2O3S/c1-9(8-18(3,16)17)14-12(15)10-4-6-11(13-2)7-5-10/h4-7,9,13H,8H2,1-3H3,(H,14,15). The number of benzene rings is 1. The summed E-state index contributed by atoms with van der Waals surface area (Å²) < 4.78 is 22.2. The molecule has 1 aromatic rings. The van der Waals surface area contributed by atoms with E-state index in [1.807, 2.05) is 0 Å². The monoisotopic (exact) mass is 270 g/mol. The van der Waals surface area contributed by atoms with E-state index < -0.39 is 15.9 Å². The van der Waals surface area contributed by atoms with Gasteiger partial charge in [0.15, 0.2) is 0 Å². The van der Waals surface area contributed by atoms with Crippen molar-refractivity contribution in [2.24, 2.45) is 0 Å². The van der Waals surface area contributed by atoms with E-state index in [2.05, 4.69) is 10.6 Å². The number of nitrogens with one attached hydrogen (secondary N) is 2. The van der Waals surface area contributed by atoms with Gasteiger partial charge in [-0.25, -0.2) is 8.42 Å². The molecule has 0 saturated carbocycles. The highest BCUT2D eigenvalue weighted by atomic mass is 32.2. The van der Waals surface area contributed by atoms with Crippen LogP contribution in [-0.2, 0) is 9.84 Å². The summed E-state index contributed by atoms with van der Waals surface area (Å²) >= 11 is 0. The van der Waals surface area contributed by atoms with Crippen molar-refractivity contribution in [1.82, 2.24) is 5.32 Å². The Bertz CT molecular complexity index is 509. The topological polar surface area (TPSA) is 75.3 Å². The van der Waals surface area contributed by atoms with Crippen molar-refractivity contribution < 1.29 is 13.2 Å². The molecule has 5 nitrogen and oxygen atoms in total. The van der Waals surface area contributed by atoms with Crippen LogP contribution in [0.15, 0.2) is 24.3 Å². The van der Waals surface area contributed by atoms with E-state index in [1.54, 1.807) is 38.2 Å². The average molecular weight is 270 g/mol. The van der Waals surface area contributed by atoms with Gasteiger partial charge in [0.25, 0.3) is 5.91 Å². The molecule has 1 amide bonds. The fraction of sp³-hybridized carbons (Fsp3) is 0.417. The average Bonchev–Trinajstić information content (AvgIpc) is 2.26. The van der Waals surface area contributed by atoms with Crippen LogP contribution in [0.4, 0.5) is 5.69 Å². The Balaban J connectivity index is 2.64. The van der Waals surface area contributed by atoms with Crippen LogP contribution in [-0.4, -0.2) is 39.4 Å². The number of anilines is 1. The van der Waals surface area contributed by atoms with Gasteiger partial charge in [-0.15, -0.1) is 0 Å². The molecule has 0 saturated heterocycles. The summed E-state index contributed by atoms with van der Waals surface area (Å²) in [4.78, 5) is 11.8. The Morgan fingerprint density at radius 2 is 1.83 bits per heavy atom. The highest BCUT2D eigenvalue weighted by Gasteiger charge is 2.14. The maximum Gasteiger partial charge on any atom is 0.251 e. The lowest BCUT2D eigenvalue weighted by Crippen LogP contribution is -2.37. The predicted octanol–water partition coefficient (Wildman–Crippen LogP) is 0.891. The van der Waals surface area contributed by atoms with E-state index in [1.165, 1.54) is 0 Å². The molecule has 18 heavy (non-hydrogen) atoms. The molecular weight excluding hydrogens is 252 g/mol. The van der Waals surface area contributed by atoms with Crippen LogP contribution in [0.25, 0.3) is 0 Å². The van der Waals surface area contributed by atoms with E-state index in [4.69, 9.17) is 0 Å². The number of amides is 1. The zero-order valence-corrected chi connectivity index (χ0v) is 11.5. The van der Waals surface area contributed by atoms with Crippen LogP contribution in [0, 0.1) is 0 Å². The second-order valence-corrected chi connectivity index (χ2v) is 6.48. The molecule has 0 aliphatic rings. The van der Waals surface area contributed by atoms with Crippen molar-refractivity contribution in [2.75, 3.05) is 24.4 Å². The largest absolute Gasteiger partial charge is 0.388 e. The molecule has 0 bridgehead atoms. The van der Waals surface area contributed by atoms with E-state index in [9.17, 15) is 13.2 Å². The van der Waals surface area contributed by atoms with Crippen molar-refractivity contribution in [1.29, 1.82) is 0 Å². The first-order valence-electron chi connectivity index (χ1n) is 5.58. The highest BCUT2D eigenvalue weighted by molar-refractivity contribution is 7.90. The van der Waals surface area contributed by atoms with Gasteiger partial charge in [0.1, 0.15) is 9.84 Å². The molecule has 0 aliphatic heterocycles. The fourth-order valence-corrected chi connectivity index (χ4v) is 2.58. The number of hydrogen-bond acceptors (Lipinski definition) is 4. The first kappa shape index (κ1) is 14.5. The predicted molar refractivity (Wildman–Crippen MR) is 72.6 cm³/mol. The summed E-state index contributed by atoms with van der Waals surface area (Å²) in [5.74, 6) is -0.332. The quantitative estimate of drug-likeness (QED) is 0.833. The van der Waals surface area contributed by atoms with E-state index in [0.29, 0.717) is 5.56 Å². The summed E-state index contributed by atoms with van der Waals surface area (Å²) in [6.07, 6.45) is 1.15. The zero-order chi connectivity index (χ0) is 13.8. The fourth-order valence-electron chi connectivity index (χ4n) is 1.59. The van der Waals surface area contributed by atoms with Crippen LogP contribution in [0.2, 0.25) is 0 Å². The van der Waals surface area contributed by atoms with Crippen LogP contribution in [0.3, 0.4) is 0 Å². The maximum absolute atomic E-state index is 11.8. The summed E-state index contributed by atoms with van der Waals surface area (Å²) in [7, 11) is -1.29. The zero-order valence-electron chi connectivity index (χ0n) is 10.7. The molecule has 0 heterocycles. The molecule has 2 N–H and O–H groups in total.